The van der Waals surface area contributed by atoms with Gasteiger partial charge in [-0.1, -0.05) is 23.7 Å². The van der Waals surface area contributed by atoms with E-state index in [-0.39, 0.29) is 18.9 Å². The molecule has 1 aromatic heterocycles. The number of nitrogens with one attached hydrogen (secondary N) is 1. The van der Waals surface area contributed by atoms with Crippen molar-refractivity contribution in [1.82, 2.24) is 5.32 Å². The highest BCUT2D eigenvalue weighted by atomic mass is 35.5. The third kappa shape index (κ3) is 4.74. The summed E-state index contributed by atoms with van der Waals surface area (Å²) in [6.07, 6.45) is -0.468. The van der Waals surface area contributed by atoms with E-state index in [9.17, 15) is 9.90 Å². The number of thiophene rings is 1. The molecule has 1 amide bonds. The van der Waals surface area contributed by atoms with Gasteiger partial charge in [-0.15, -0.1) is 11.3 Å². The minimum Gasteiger partial charge on any atom is -0.497 e. The Balaban J connectivity index is 1.81. The Labute approximate surface area is 132 Å². The third-order valence-electron chi connectivity index (χ3n) is 2.94. The summed E-state index contributed by atoms with van der Waals surface area (Å²) >= 11 is 7.11. The molecule has 2 aromatic rings. The van der Waals surface area contributed by atoms with Crippen molar-refractivity contribution in [2.24, 2.45) is 0 Å². The highest BCUT2D eigenvalue weighted by Gasteiger charge is 2.12. The van der Waals surface area contributed by atoms with E-state index in [1.165, 1.54) is 11.3 Å². The molecular weight excluding hydrogens is 310 g/mol. The van der Waals surface area contributed by atoms with Crippen molar-refractivity contribution in [3.63, 3.8) is 0 Å². The van der Waals surface area contributed by atoms with E-state index in [0.717, 1.165) is 16.2 Å². The molecule has 1 aromatic carbocycles. The molecule has 2 N–H and O–H groups in total. The molecule has 0 bridgehead atoms. The molecule has 1 unspecified atom stereocenters. The predicted octanol–water partition coefficient (Wildman–Crippen LogP) is 2.80. The van der Waals surface area contributed by atoms with Crippen LogP contribution < -0.4 is 10.1 Å². The van der Waals surface area contributed by atoms with Crippen LogP contribution in [0.4, 0.5) is 0 Å². The van der Waals surface area contributed by atoms with Gasteiger partial charge in [-0.05, 0) is 29.8 Å². The summed E-state index contributed by atoms with van der Waals surface area (Å²) in [7, 11) is 1.60. The molecule has 2 rings (SSSR count). The fraction of sp³-hybridized carbons (Fsp3) is 0.267. The standard InChI is InChI=1S/C15H16ClNO3S/c1-20-11-4-2-10(3-5-11)8-15(19)17-9-12(18)13-6-7-14(16)21-13/h2-7,12,18H,8-9H2,1H3,(H,17,19). The first-order valence-corrected chi connectivity index (χ1v) is 7.61. The van der Waals surface area contributed by atoms with Crippen LogP contribution in [0.3, 0.4) is 0 Å². The van der Waals surface area contributed by atoms with Crippen molar-refractivity contribution in [1.29, 1.82) is 0 Å². The largest absolute Gasteiger partial charge is 0.497 e. The summed E-state index contributed by atoms with van der Waals surface area (Å²) in [6, 6.07) is 10.8. The Bertz CT molecular complexity index is 597. The van der Waals surface area contributed by atoms with Crippen LogP contribution in [0.2, 0.25) is 4.34 Å². The number of hydrogen-bond acceptors (Lipinski definition) is 4. The number of rotatable bonds is 6. The number of aliphatic hydroxyl groups excluding tert-OH is 1. The Hall–Kier alpha value is -1.56. The smallest absolute Gasteiger partial charge is 0.224 e. The van der Waals surface area contributed by atoms with E-state index < -0.39 is 6.10 Å². The molecule has 0 fully saturated rings. The van der Waals surface area contributed by atoms with E-state index in [1.54, 1.807) is 19.2 Å². The Morgan fingerprint density at radius 3 is 2.62 bits per heavy atom. The first-order chi connectivity index (χ1) is 10.1. The Morgan fingerprint density at radius 1 is 1.33 bits per heavy atom. The molecule has 1 heterocycles. The molecule has 0 radical (unpaired) electrons. The van der Waals surface area contributed by atoms with E-state index in [0.29, 0.717) is 4.34 Å². The van der Waals surface area contributed by atoms with Gasteiger partial charge in [0, 0.05) is 11.4 Å². The topological polar surface area (TPSA) is 58.6 Å². The van der Waals surface area contributed by atoms with E-state index in [2.05, 4.69) is 5.32 Å². The van der Waals surface area contributed by atoms with E-state index >= 15 is 0 Å². The van der Waals surface area contributed by atoms with Crippen LogP contribution in [-0.4, -0.2) is 24.7 Å². The number of methoxy groups -OCH3 is 1. The van der Waals surface area contributed by atoms with Gasteiger partial charge in [0.2, 0.25) is 5.91 Å². The lowest BCUT2D eigenvalue weighted by Crippen LogP contribution is -2.29. The molecule has 112 valence electrons. The number of halogens is 1. The summed E-state index contributed by atoms with van der Waals surface area (Å²) < 4.78 is 5.68. The lowest BCUT2D eigenvalue weighted by molar-refractivity contribution is -0.120. The number of amides is 1. The number of ether oxygens (including phenoxy) is 1. The molecule has 1 atom stereocenters. The molecule has 6 heteroatoms. The number of carbonyl (C=O) groups excluding carboxylic acids is 1. The zero-order valence-electron chi connectivity index (χ0n) is 11.5. The van der Waals surface area contributed by atoms with Crippen LogP contribution >= 0.6 is 22.9 Å². The van der Waals surface area contributed by atoms with Gasteiger partial charge in [0.1, 0.15) is 11.9 Å². The van der Waals surface area contributed by atoms with E-state index in [4.69, 9.17) is 16.3 Å². The molecule has 21 heavy (non-hydrogen) atoms. The van der Waals surface area contributed by atoms with Gasteiger partial charge in [-0.3, -0.25) is 4.79 Å². The van der Waals surface area contributed by atoms with Crippen molar-refractivity contribution >= 4 is 28.8 Å². The summed E-state index contributed by atoms with van der Waals surface area (Å²) in [6.45, 7) is 0.172. The maximum absolute atomic E-state index is 11.8. The average Bonchev–Trinajstić information content (AvgIpc) is 2.92. The Kier molecular flexibility index (Phi) is 5.61. The van der Waals surface area contributed by atoms with Crippen molar-refractivity contribution in [2.75, 3.05) is 13.7 Å². The zero-order chi connectivity index (χ0) is 15.2. The second kappa shape index (κ2) is 7.45. The monoisotopic (exact) mass is 325 g/mol. The van der Waals surface area contributed by atoms with Crippen molar-refractivity contribution in [2.45, 2.75) is 12.5 Å². The lowest BCUT2D eigenvalue weighted by atomic mass is 10.1. The molecule has 0 aliphatic rings. The number of carbonyl (C=O) groups is 1. The van der Waals surface area contributed by atoms with Crippen LogP contribution in [0.25, 0.3) is 0 Å². The van der Waals surface area contributed by atoms with Crippen LogP contribution in [0.1, 0.15) is 16.5 Å². The normalized spacial score (nSPS) is 12.0. The number of benzene rings is 1. The Morgan fingerprint density at radius 2 is 2.05 bits per heavy atom. The second-order valence-electron chi connectivity index (χ2n) is 4.49. The van der Waals surface area contributed by atoms with Gasteiger partial charge in [0.05, 0.1) is 17.9 Å². The third-order valence-corrected chi connectivity index (χ3v) is 4.27. The summed E-state index contributed by atoms with van der Waals surface area (Å²) in [5.74, 6) is 0.617. The van der Waals surface area contributed by atoms with Crippen LogP contribution in [0.5, 0.6) is 5.75 Å². The predicted molar refractivity (Wildman–Crippen MR) is 84.0 cm³/mol. The molecule has 0 aliphatic carbocycles. The van der Waals surface area contributed by atoms with Gasteiger partial charge in [-0.25, -0.2) is 0 Å². The van der Waals surface area contributed by atoms with Gasteiger partial charge in [0.25, 0.3) is 0 Å². The summed E-state index contributed by atoms with van der Waals surface area (Å²) in [5, 5.41) is 12.6. The second-order valence-corrected chi connectivity index (χ2v) is 6.23. The zero-order valence-corrected chi connectivity index (χ0v) is 13.1. The number of hydrogen-bond donors (Lipinski definition) is 2. The fourth-order valence-electron chi connectivity index (χ4n) is 1.81. The fourth-order valence-corrected chi connectivity index (χ4v) is 2.86. The average molecular weight is 326 g/mol. The molecule has 0 saturated heterocycles. The highest BCUT2D eigenvalue weighted by Crippen LogP contribution is 2.26. The SMILES string of the molecule is COc1ccc(CC(=O)NCC(O)c2ccc(Cl)s2)cc1. The summed E-state index contributed by atoms with van der Waals surface area (Å²) in [4.78, 5) is 12.6. The maximum Gasteiger partial charge on any atom is 0.224 e. The van der Waals surface area contributed by atoms with Crippen molar-refractivity contribution in [3.05, 3.63) is 51.2 Å². The number of aliphatic hydroxyl groups is 1. The highest BCUT2D eigenvalue weighted by molar-refractivity contribution is 7.16. The minimum atomic E-state index is -0.734. The van der Waals surface area contributed by atoms with Gasteiger partial charge >= 0.3 is 0 Å². The lowest BCUT2D eigenvalue weighted by Gasteiger charge is -2.10. The molecule has 4 nitrogen and oxygen atoms in total. The van der Waals surface area contributed by atoms with Gasteiger partial charge < -0.3 is 15.2 Å². The first-order valence-electron chi connectivity index (χ1n) is 6.41. The van der Waals surface area contributed by atoms with Crippen LogP contribution in [0, 0.1) is 0 Å². The van der Waals surface area contributed by atoms with Gasteiger partial charge in [0.15, 0.2) is 0 Å². The van der Waals surface area contributed by atoms with Crippen LogP contribution in [-0.2, 0) is 11.2 Å². The van der Waals surface area contributed by atoms with Crippen LogP contribution in [0.15, 0.2) is 36.4 Å². The van der Waals surface area contributed by atoms with Crippen molar-refractivity contribution < 1.29 is 14.6 Å². The molecule has 0 saturated carbocycles. The molecular formula is C15H16ClNO3S. The first kappa shape index (κ1) is 15.8. The quantitative estimate of drug-likeness (QED) is 0.858. The summed E-state index contributed by atoms with van der Waals surface area (Å²) in [5.41, 5.74) is 0.891. The molecule has 0 aliphatic heterocycles. The van der Waals surface area contributed by atoms with E-state index in [1.807, 2.05) is 24.3 Å². The van der Waals surface area contributed by atoms with Gasteiger partial charge in [-0.2, -0.15) is 0 Å². The maximum atomic E-state index is 11.8. The molecule has 0 spiro atoms. The minimum absolute atomic E-state index is 0.137. The van der Waals surface area contributed by atoms with Crippen molar-refractivity contribution in [3.8, 4) is 5.75 Å².